The van der Waals surface area contributed by atoms with Crippen LogP contribution in [0.2, 0.25) is 0 Å². The second-order valence-electron chi connectivity index (χ2n) is 2.13. The summed E-state index contributed by atoms with van der Waals surface area (Å²) < 4.78 is 6.22. The summed E-state index contributed by atoms with van der Waals surface area (Å²) in [6, 6.07) is 0. The third kappa shape index (κ3) is 0.814. The first-order chi connectivity index (χ1) is 4.66. The highest BCUT2D eigenvalue weighted by Crippen LogP contribution is 2.05. The third-order valence-corrected chi connectivity index (χ3v) is 1.38. The van der Waals surface area contributed by atoms with Crippen molar-refractivity contribution in [1.82, 2.24) is 9.78 Å². The van der Waals surface area contributed by atoms with Crippen LogP contribution in [0, 0.1) is 6.92 Å². The molecule has 0 aliphatic heterocycles. The average molecular weight is 142 g/mol. The van der Waals surface area contributed by atoms with Gasteiger partial charge in [0.2, 0.25) is 5.75 Å². The van der Waals surface area contributed by atoms with Crippen LogP contribution in [-0.2, 0) is 7.05 Å². The lowest BCUT2D eigenvalue weighted by Gasteiger charge is -1.90. The second-order valence-corrected chi connectivity index (χ2v) is 2.13. The molecule has 4 heteroatoms. The highest BCUT2D eigenvalue weighted by atomic mass is 16.5. The molecule has 1 aromatic rings. The molecule has 0 unspecified atom stereocenters. The lowest BCUT2D eigenvalue weighted by Crippen LogP contribution is -2.12. The zero-order valence-corrected chi connectivity index (χ0v) is 6.26. The number of aromatic nitrogens is 2. The van der Waals surface area contributed by atoms with Gasteiger partial charge in [-0.3, -0.25) is 14.6 Å². The van der Waals surface area contributed by atoms with Gasteiger partial charge >= 0.3 is 5.56 Å². The topological polar surface area (TPSA) is 47.0 Å². The van der Waals surface area contributed by atoms with Gasteiger partial charge in [-0.1, -0.05) is 0 Å². The van der Waals surface area contributed by atoms with Crippen LogP contribution >= 0.6 is 0 Å². The van der Waals surface area contributed by atoms with Crippen molar-refractivity contribution in [3.8, 4) is 5.75 Å². The monoisotopic (exact) mass is 142 g/mol. The van der Waals surface area contributed by atoms with Crippen LogP contribution in [0.4, 0.5) is 0 Å². The maximum Gasteiger partial charge on any atom is 0.308 e. The van der Waals surface area contributed by atoms with Gasteiger partial charge in [0.25, 0.3) is 0 Å². The Balaban J connectivity index is 3.34. The standard InChI is InChI=1S/C6H10N2O2/c1-4-5(10-3)6(9)8(2)7-4/h7H,1-3H3. The molecule has 10 heavy (non-hydrogen) atoms. The van der Waals surface area contributed by atoms with Gasteiger partial charge in [-0.15, -0.1) is 0 Å². The molecule has 0 amide bonds. The summed E-state index contributed by atoms with van der Waals surface area (Å²) in [4.78, 5) is 11.0. The van der Waals surface area contributed by atoms with E-state index in [1.54, 1.807) is 14.0 Å². The van der Waals surface area contributed by atoms with Crippen LogP contribution in [0.25, 0.3) is 0 Å². The van der Waals surface area contributed by atoms with E-state index in [1.807, 2.05) is 0 Å². The van der Waals surface area contributed by atoms with Crippen molar-refractivity contribution >= 4 is 0 Å². The molecule has 0 fully saturated rings. The summed E-state index contributed by atoms with van der Waals surface area (Å²) in [5.41, 5.74) is 0.634. The second kappa shape index (κ2) is 2.21. The number of aromatic amines is 1. The molecule has 0 atom stereocenters. The van der Waals surface area contributed by atoms with E-state index in [0.29, 0.717) is 5.75 Å². The zero-order valence-electron chi connectivity index (χ0n) is 6.26. The number of nitrogens with zero attached hydrogens (tertiary/aromatic N) is 1. The Morgan fingerprint density at radius 2 is 2.20 bits per heavy atom. The molecule has 0 aliphatic carbocycles. The van der Waals surface area contributed by atoms with Gasteiger partial charge in [-0.25, -0.2) is 0 Å². The Kier molecular flexibility index (Phi) is 1.53. The Morgan fingerprint density at radius 3 is 2.40 bits per heavy atom. The molecule has 1 heterocycles. The molecule has 0 aromatic carbocycles. The smallest absolute Gasteiger partial charge is 0.308 e. The molecule has 0 spiro atoms. The fourth-order valence-corrected chi connectivity index (χ4v) is 0.906. The van der Waals surface area contributed by atoms with Crippen molar-refractivity contribution < 1.29 is 4.74 Å². The molecule has 0 saturated carbocycles. The van der Waals surface area contributed by atoms with Crippen LogP contribution in [0.1, 0.15) is 5.69 Å². The fraction of sp³-hybridized carbons (Fsp3) is 0.500. The number of nitrogens with one attached hydrogen (secondary N) is 1. The number of rotatable bonds is 1. The first kappa shape index (κ1) is 6.92. The van der Waals surface area contributed by atoms with Crippen molar-refractivity contribution in [3.05, 3.63) is 16.0 Å². The van der Waals surface area contributed by atoms with Gasteiger partial charge in [0.05, 0.1) is 12.8 Å². The number of methoxy groups -OCH3 is 1. The van der Waals surface area contributed by atoms with Crippen LogP contribution in [0.3, 0.4) is 0 Å². The molecular formula is C6H10N2O2. The number of H-pyrrole nitrogens is 1. The van der Waals surface area contributed by atoms with Crippen molar-refractivity contribution in [2.24, 2.45) is 7.05 Å². The molecule has 0 aliphatic rings. The van der Waals surface area contributed by atoms with Gasteiger partial charge in [-0.2, -0.15) is 0 Å². The Bertz CT molecular complexity index is 284. The molecule has 0 radical (unpaired) electrons. The van der Waals surface area contributed by atoms with Gasteiger partial charge < -0.3 is 4.74 Å². The fourth-order valence-electron chi connectivity index (χ4n) is 0.906. The first-order valence-electron chi connectivity index (χ1n) is 2.96. The third-order valence-electron chi connectivity index (χ3n) is 1.38. The molecule has 1 rings (SSSR count). The van der Waals surface area contributed by atoms with E-state index in [1.165, 1.54) is 11.8 Å². The van der Waals surface area contributed by atoms with Crippen molar-refractivity contribution in [2.45, 2.75) is 6.92 Å². The van der Waals surface area contributed by atoms with Crippen LogP contribution in [-0.4, -0.2) is 16.9 Å². The molecule has 4 nitrogen and oxygen atoms in total. The van der Waals surface area contributed by atoms with Crippen molar-refractivity contribution in [1.29, 1.82) is 0 Å². The average Bonchev–Trinajstić information content (AvgIpc) is 2.09. The summed E-state index contributed by atoms with van der Waals surface area (Å²) in [7, 11) is 3.13. The summed E-state index contributed by atoms with van der Waals surface area (Å²) in [5.74, 6) is 0.391. The zero-order chi connectivity index (χ0) is 7.72. The summed E-state index contributed by atoms with van der Waals surface area (Å²) >= 11 is 0. The minimum absolute atomic E-state index is 0.125. The van der Waals surface area contributed by atoms with Crippen LogP contribution in [0.15, 0.2) is 4.79 Å². The summed E-state index contributed by atoms with van der Waals surface area (Å²) in [6.07, 6.45) is 0. The van der Waals surface area contributed by atoms with Gasteiger partial charge in [0, 0.05) is 7.05 Å². The first-order valence-corrected chi connectivity index (χ1v) is 2.96. The van der Waals surface area contributed by atoms with E-state index in [4.69, 9.17) is 4.74 Å². The molecule has 0 bridgehead atoms. The maximum atomic E-state index is 11.0. The molecule has 1 aromatic heterocycles. The highest BCUT2D eigenvalue weighted by Gasteiger charge is 2.06. The molecule has 0 saturated heterocycles. The lowest BCUT2D eigenvalue weighted by atomic mass is 10.4. The van der Waals surface area contributed by atoms with Crippen molar-refractivity contribution in [2.75, 3.05) is 7.11 Å². The summed E-state index contributed by atoms with van der Waals surface area (Å²) in [6.45, 7) is 1.79. The molecule has 56 valence electrons. The molecule has 1 N–H and O–H groups in total. The molecular weight excluding hydrogens is 132 g/mol. The predicted octanol–water partition coefficient (Wildman–Crippen LogP) is 0.0304. The minimum Gasteiger partial charge on any atom is -0.490 e. The van der Waals surface area contributed by atoms with Gasteiger partial charge in [0.1, 0.15) is 0 Å². The predicted molar refractivity (Wildman–Crippen MR) is 37.3 cm³/mol. The largest absolute Gasteiger partial charge is 0.490 e. The number of hydrogen-bond donors (Lipinski definition) is 1. The van der Waals surface area contributed by atoms with Gasteiger partial charge in [-0.05, 0) is 6.92 Å². The minimum atomic E-state index is -0.125. The van der Waals surface area contributed by atoms with Gasteiger partial charge in [0.15, 0.2) is 0 Å². The maximum absolute atomic E-state index is 11.0. The van der Waals surface area contributed by atoms with E-state index >= 15 is 0 Å². The van der Waals surface area contributed by atoms with Crippen molar-refractivity contribution in [3.63, 3.8) is 0 Å². The van der Waals surface area contributed by atoms with E-state index in [2.05, 4.69) is 5.10 Å². The Hall–Kier alpha value is -1.19. The normalized spacial score (nSPS) is 9.90. The van der Waals surface area contributed by atoms with Crippen LogP contribution in [0.5, 0.6) is 5.75 Å². The quantitative estimate of drug-likeness (QED) is 0.601. The SMILES string of the molecule is COc1c(C)[nH]n(C)c1=O. The van der Waals surface area contributed by atoms with Crippen LogP contribution < -0.4 is 10.3 Å². The summed E-state index contributed by atoms with van der Waals surface area (Å²) in [5, 5.41) is 2.81. The van der Waals surface area contributed by atoms with E-state index in [9.17, 15) is 4.79 Å². The number of aryl methyl sites for hydroxylation is 2. The Labute approximate surface area is 58.4 Å². The number of hydrogen-bond acceptors (Lipinski definition) is 2. The van der Waals surface area contributed by atoms with E-state index in [-0.39, 0.29) is 5.56 Å². The number of ether oxygens (including phenoxy) is 1. The highest BCUT2D eigenvalue weighted by molar-refractivity contribution is 5.22. The Morgan fingerprint density at radius 1 is 1.60 bits per heavy atom. The lowest BCUT2D eigenvalue weighted by molar-refractivity contribution is 0.407. The van der Waals surface area contributed by atoms with E-state index < -0.39 is 0 Å². The van der Waals surface area contributed by atoms with E-state index in [0.717, 1.165) is 5.69 Å².